The highest BCUT2D eigenvalue weighted by Gasteiger charge is 2.22. The van der Waals surface area contributed by atoms with Gasteiger partial charge in [-0.25, -0.2) is 0 Å². The van der Waals surface area contributed by atoms with E-state index in [0.717, 1.165) is 30.6 Å². The van der Waals surface area contributed by atoms with Crippen LogP contribution in [0.3, 0.4) is 0 Å². The summed E-state index contributed by atoms with van der Waals surface area (Å²) in [5, 5.41) is 12.6. The molecule has 0 saturated heterocycles. The molecule has 0 spiro atoms. The quantitative estimate of drug-likeness (QED) is 0.344. The van der Waals surface area contributed by atoms with E-state index in [0.29, 0.717) is 6.04 Å². The number of hydrogen-bond acceptors (Lipinski definition) is 3. The van der Waals surface area contributed by atoms with Gasteiger partial charge in [0, 0.05) is 43.2 Å². The van der Waals surface area contributed by atoms with Crippen molar-refractivity contribution >= 4 is 41.7 Å². The van der Waals surface area contributed by atoms with Crippen LogP contribution in [0.15, 0.2) is 4.99 Å². The summed E-state index contributed by atoms with van der Waals surface area (Å²) in [6.45, 7) is 7.42. The first-order valence-electron chi connectivity index (χ1n) is 9.75. The standard InChI is InChI=1S/C19H35N5S.HI/c1-6-17-16(18(7-2)24(5)23-17)13-21-19(20-4)22-14-10-9-11-15(12-14)25-8-3;/h14-15H,6-13H2,1-5H3,(H2,20,21,22);1H. The van der Waals surface area contributed by atoms with Gasteiger partial charge in [0.1, 0.15) is 0 Å². The second-order valence-electron chi connectivity index (χ2n) is 6.71. The van der Waals surface area contributed by atoms with E-state index in [9.17, 15) is 0 Å². The summed E-state index contributed by atoms with van der Waals surface area (Å²) < 4.78 is 2.03. The molecule has 0 radical (unpaired) electrons. The molecule has 0 amide bonds. The monoisotopic (exact) mass is 493 g/mol. The van der Waals surface area contributed by atoms with Crippen LogP contribution in [0, 0.1) is 0 Å². The highest BCUT2D eigenvalue weighted by atomic mass is 127. The molecule has 2 rings (SSSR count). The lowest BCUT2D eigenvalue weighted by atomic mass is 9.95. The summed E-state index contributed by atoms with van der Waals surface area (Å²) in [5.74, 6) is 2.13. The number of hydrogen-bond donors (Lipinski definition) is 2. The molecular formula is C19H36IN5S. The van der Waals surface area contributed by atoms with Crippen LogP contribution in [0.5, 0.6) is 0 Å². The lowest BCUT2D eigenvalue weighted by molar-refractivity contribution is 0.419. The van der Waals surface area contributed by atoms with Gasteiger partial charge in [0.25, 0.3) is 0 Å². The number of halogens is 1. The minimum absolute atomic E-state index is 0. The molecule has 0 aromatic carbocycles. The van der Waals surface area contributed by atoms with Crippen molar-refractivity contribution in [2.75, 3.05) is 12.8 Å². The number of aliphatic imine (C=N–C) groups is 1. The second kappa shape index (κ2) is 12.1. The van der Waals surface area contributed by atoms with Crippen molar-refractivity contribution in [3.05, 3.63) is 17.0 Å². The third-order valence-corrected chi connectivity index (χ3v) is 6.29. The molecule has 2 N–H and O–H groups in total. The van der Waals surface area contributed by atoms with Crippen molar-refractivity contribution < 1.29 is 0 Å². The van der Waals surface area contributed by atoms with Crippen molar-refractivity contribution in [3.63, 3.8) is 0 Å². The van der Waals surface area contributed by atoms with Crippen molar-refractivity contribution in [1.82, 2.24) is 20.4 Å². The highest BCUT2D eigenvalue weighted by Crippen LogP contribution is 2.28. The van der Waals surface area contributed by atoms with E-state index in [4.69, 9.17) is 0 Å². The van der Waals surface area contributed by atoms with Gasteiger partial charge in [0.15, 0.2) is 5.96 Å². The van der Waals surface area contributed by atoms with E-state index in [1.165, 1.54) is 48.4 Å². The minimum Gasteiger partial charge on any atom is -0.354 e. The normalized spacial score (nSPS) is 20.6. The number of nitrogens with zero attached hydrogens (tertiary/aromatic N) is 3. The molecule has 1 aromatic heterocycles. The molecule has 1 aromatic rings. The summed E-state index contributed by atoms with van der Waals surface area (Å²) in [6, 6.07) is 0.536. The number of aryl methyl sites for hydroxylation is 2. The van der Waals surface area contributed by atoms with E-state index >= 15 is 0 Å². The van der Waals surface area contributed by atoms with Gasteiger partial charge in [-0.1, -0.05) is 27.2 Å². The third kappa shape index (κ3) is 6.32. The zero-order valence-corrected chi connectivity index (χ0v) is 20.1. The molecule has 2 atom stereocenters. The van der Waals surface area contributed by atoms with E-state index in [-0.39, 0.29) is 24.0 Å². The molecule has 2 unspecified atom stereocenters. The van der Waals surface area contributed by atoms with E-state index in [1.807, 2.05) is 18.8 Å². The highest BCUT2D eigenvalue weighted by molar-refractivity contribution is 14.0. The van der Waals surface area contributed by atoms with Gasteiger partial charge in [-0.3, -0.25) is 9.67 Å². The molecule has 7 heteroatoms. The van der Waals surface area contributed by atoms with Crippen LogP contribution in [0.1, 0.15) is 63.4 Å². The molecule has 26 heavy (non-hydrogen) atoms. The van der Waals surface area contributed by atoms with Gasteiger partial charge in [0.2, 0.25) is 0 Å². The van der Waals surface area contributed by atoms with Crippen LogP contribution in [-0.4, -0.2) is 39.8 Å². The summed E-state index contributed by atoms with van der Waals surface area (Å²) >= 11 is 2.10. The summed E-state index contributed by atoms with van der Waals surface area (Å²) in [5.41, 5.74) is 3.84. The van der Waals surface area contributed by atoms with E-state index < -0.39 is 0 Å². The van der Waals surface area contributed by atoms with Gasteiger partial charge < -0.3 is 10.6 Å². The van der Waals surface area contributed by atoms with E-state index in [1.54, 1.807) is 0 Å². The van der Waals surface area contributed by atoms with Crippen LogP contribution < -0.4 is 10.6 Å². The molecular weight excluding hydrogens is 457 g/mol. The Morgan fingerprint density at radius 2 is 2.04 bits per heavy atom. The van der Waals surface area contributed by atoms with Gasteiger partial charge in [-0.2, -0.15) is 16.9 Å². The zero-order chi connectivity index (χ0) is 18.2. The summed E-state index contributed by atoms with van der Waals surface area (Å²) in [6.07, 6.45) is 7.13. The second-order valence-corrected chi connectivity index (χ2v) is 8.29. The van der Waals surface area contributed by atoms with Crippen molar-refractivity contribution in [2.24, 2.45) is 12.0 Å². The molecule has 1 fully saturated rings. The Morgan fingerprint density at radius 1 is 1.27 bits per heavy atom. The lowest BCUT2D eigenvalue weighted by Crippen LogP contribution is -2.45. The van der Waals surface area contributed by atoms with Crippen LogP contribution in [0.2, 0.25) is 0 Å². The number of aromatic nitrogens is 2. The van der Waals surface area contributed by atoms with Gasteiger partial charge in [0.05, 0.1) is 5.69 Å². The molecule has 1 aliphatic carbocycles. The Kier molecular flexibility index (Phi) is 11.0. The Morgan fingerprint density at radius 3 is 2.65 bits per heavy atom. The largest absolute Gasteiger partial charge is 0.354 e. The average Bonchev–Trinajstić information content (AvgIpc) is 2.93. The van der Waals surface area contributed by atoms with Crippen LogP contribution in [-0.2, 0) is 26.4 Å². The Balaban J connectivity index is 0.00000338. The Hall–Kier alpha value is -0.440. The molecule has 1 heterocycles. The SMILES string of the molecule is CCSC1CCCC(NC(=NC)NCc2c(CC)nn(C)c2CC)C1.I. The number of guanidine groups is 1. The number of nitrogens with one attached hydrogen (secondary N) is 2. The zero-order valence-electron chi connectivity index (χ0n) is 17.0. The van der Waals surface area contributed by atoms with E-state index in [2.05, 4.69) is 53.3 Å². The Bertz CT molecular complexity index is 571. The van der Waals surface area contributed by atoms with Crippen molar-refractivity contribution in [2.45, 2.75) is 77.1 Å². The van der Waals surface area contributed by atoms with Crippen LogP contribution >= 0.6 is 35.7 Å². The third-order valence-electron chi connectivity index (χ3n) is 5.05. The molecule has 0 aliphatic heterocycles. The van der Waals surface area contributed by atoms with Crippen LogP contribution in [0.4, 0.5) is 0 Å². The molecule has 5 nitrogen and oxygen atoms in total. The topological polar surface area (TPSA) is 54.2 Å². The van der Waals surface area contributed by atoms with Crippen molar-refractivity contribution in [3.8, 4) is 0 Å². The van der Waals surface area contributed by atoms with Gasteiger partial charge in [-0.05, 0) is 37.9 Å². The predicted molar refractivity (Wildman–Crippen MR) is 125 cm³/mol. The summed E-state index contributed by atoms with van der Waals surface area (Å²) in [4.78, 5) is 4.45. The smallest absolute Gasteiger partial charge is 0.191 e. The Labute approximate surface area is 180 Å². The molecule has 150 valence electrons. The first-order valence-corrected chi connectivity index (χ1v) is 10.8. The average molecular weight is 494 g/mol. The van der Waals surface area contributed by atoms with Gasteiger partial charge in [-0.15, -0.1) is 24.0 Å². The minimum atomic E-state index is 0. The van der Waals surface area contributed by atoms with Crippen LogP contribution in [0.25, 0.3) is 0 Å². The number of thioether (sulfide) groups is 1. The fourth-order valence-corrected chi connectivity index (χ4v) is 4.99. The fraction of sp³-hybridized carbons (Fsp3) is 0.789. The molecule has 1 saturated carbocycles. The lowest BCUT2D eigenvalue weighted by Gasteiger charge is -2.30. The fourth-order valence-electron chi connectivity index (χ4n) is 3.82. The maximum absolute atomic E-state index is 4.66. The summed E-state index contributed by atoms with van der Waals surface area (Å²) in [7, 11) is 3.91. The van der Waals surface area contributed by atoms with Gasteiger partial charge >= 0.3 is 0 Å². The molecule has 0 bridgehead atoms. The first kappa shape index (κ1) is 23.6. The first-order chi connectivity index (χ1) is 12.1. The number of rotatable bonds is 7. The maximum Gasteiger partial charge on any atom is 0.191 e. The van der Waals surface area contributed by atoms with Crippen molar-refractivity contribution in [1.29, 1.82) is 0 Å². The predicted octanol–water partition coefficient (Wildman–Crippen LogP) is 3.89. The maximum atomic E-state index is 4.66. The molecule has 1 aliphatic rings.